The molecular weight excluding hydrogens is 352 g/mol. The summed E-state index contributed by atoms with van der Waals surface area (Å²) in [5.41, 5.74) is 1.52. The molecule has 9 heteroatoms. The van der Waals surface area contributed by atoms with Gasteiger partial charge in [-0.2, -0.15) is 0 Å². The lowest BCUT2D eigenvalue weighted by molar-refractivity contribution is -0.135. The van der Waals surface area contributed by atoms with Gasteiger partial charge < -0.3 is 20.5 Å². The largest absolute Gasteiger partial charge is 0.465 e. The maximum absolute atomic E-state index is 12.7. The second-order valence-corrected chi connectivity index (χ2v) is 8.17. The average molecular weight is 386 g/mol. The van der Waals surface area contributed by atoms with Gasteiger partial charge in [-0.1, -0.05) is 32.1 Å². The third-order valence-electron chi connectivity index (χ3n) is 4.64. The minimum atomic E-state index is -1.34. The summed E-state index contributed by atoms with van der Waals surface area (Å²) in [5.74, 6) is 4.49. The Labute approximate surface area is 160 Å². The third-order valence-corrected chi connectivity index (χ3v) is 4.64. The van der Waals surface area contributed by atoms with Crippen molar-refractivity contribution in [3.63, 3.8) is 0 Å². The van der Waals surface area contributed by atoms with E-state index in [9.17, 15) is 14.4 Å². The standard InChI is InChI=1S/C18H34N4O5/c1-11(27-18(2,3)4)14(21-17(25)26)16(24)20-13(15(23)22-19)10-12-8-6-5-7-9-12/h11-14,21H,5-10,19H2,1-4H3,(H,20,24)(H,22,23)(H,25,26)/t11-,13?,14+/m1/s1. The number of carbonyl (C=O) groups excluding carboxylic acids is 2. The topological polar surface area (TPSA) is 143 Å². The van der Waals surface area contributed by atoms with Crippen molar-refractivity contribution in [2.75, 3.05) is 0 Å². The van der Waals surface area contributed by atoms with Gasteiger partial charge in [-0.25, -0.2) is 10.6 Å². The normalized spacial score (nSPS) is 18.9. The molecular formula is C18H34N4O5. The summed E-state index contributed by atoms with van der Waals surface area (Å²) < 4.78 is 5.73. The van der Waals surface area contributed by atoms with Crippen molar-refractivity contribution in [2.45, 2.75) is 90.0 Å². The maximum atomic E-state index is 12.7. The molecule has 1 fully saturated rings. The molecule has 0 aromatic carbocycles. The average Bonchev–Trinajstić information content (AvgIpc) is 2.57. The van der Waals surface area contributed by atoms with Gasteiger partial charge in [-0.05, 0) is 40.0 Å². The van der Waals surface area contributed by atoms with Crippen LogP contribution >= 0.6 is 0 Å². The lowest BCUT2D eigenvalue weighted by atomic mass is 9.84. The number of rotatable bonds is 8. The molecule has 0 aromatic rings. The second-order valence-electron chi connectivity index (χ2n) is 8.17. The first kappa shape index (κ1) is 23.2. The molecule has 0 radical (unpaired) electrons. The smallest absolute Gasteiger partial charge is 0.405 e. The molecule has 3 atom stereocenters. The molecule has 6 N–H and O–H groups in total. The zero-order chi connectivity index (χ0) is 20.6. The van der Waals surface area contributed by atoms with Gasteiger partial charge in [0, 0.05) is 0 Å². The summed E-state index contributed by atoms with van der Waals surface area (Å²) in [6, 6.07) is -1.97. The molecule has 1 rings (SSSR count). The van der Waals surface area contributed by atoms with Crippen molar-refractivity contribution >= 4 is 17.9 Å². The van der Waals surface area contributed by atoms with E-state index in [0.29, 0.717) is 12.3 Å². The van der Waals surface area contributed by atoms with Gasteiger partial charge in [0.25, 0.3) is 5.91 Å². The van der Waals surface area contributed by atoms with Crippen molar-refractivity contribution in [2.24, 2.45) is 11.8 Å². The van der Waals surface area contributed by atoms with E-state index in [1.54, 1.807) is 6.92 Å². The minimum Gasteiger partial charge on any atom is -0.465 e. The molecule has 0 saturated heterocycles. The SMILES string of the molecule is C[C@@H](OC(C)(C)C)[C@H](NC(=O)O)C(=O)NC(CC1CCCCC1)C(=O)NN. The Morgan fingerprint density at radius 1 is 1.11 bits per heavy atom. The van der Waals surface area contributed by atoms with Gasteiger partial charge in [-0.3, -0.25) is 15.0 Å². The fourth-order valence-electron chi connectivity index (χ4n) is 3.50. The predicted octanol–water partition coefficient (Wildman–Crippen LogP) is 1.27. The van der Waals surface area contributed by atoms with Crippen LogP contribution in [0, 0.1) is 5.92 Å². The zero-order valence-electron chi connectivity index (χ0n) is 16.7. The summed E-state index contributed by atoms with van der Waals surface area (Å²) in [7, 11) is 0. The fourth-order valence-corrected chi connectivity index (χ4v) is 3.50. The molecule has 0 heterocycles. The molecule has 1 unspecified atom stereocenters. The Morgan fingerprint density at radius 2 is 1.70 bits per heavy atom. The van der Waals surface area contributed by atoms with Crippen molar-refractivity contribution in [3.05, 3.63) is 0 Å². The van der Waals surface area contributed by atoms with E-state index in [1.807, 2.05) is 20.8 Å². The van der Waals surface area contributed by atoms with Crippen LogP contribution in [0.3, 0.4) is 0 Å². The number of ether oxygens (including phenoxy) is 1. The van der Waals surface area contributed by atoms with E-state index in [0.717, 1.165) is 25.7 Å². The Bertz CT molecular complexity index is 514. The van der Waals surface area contributed by atoms with Gasteiger partial charge in [0.05, 0.1) is 11.7 Å². The van der Waals surface area contributed by atoms with E-state index < -0.39 is 41.7 Å². The monoisotopic (exact) mass is 386 g/mol. The third kappa shape index (κ3) is 8.57. The summed E-state index contributed by atoms with van der Waals surface area (Å²) in [5, 5.41) is 13.9. The molecule has 0 aliphatic heterocycles. The van der Waals surface area contributed by atoms with E-state index in [1.165, 1.54) is 6.42 Å². The summed E-state index contributed by atoms with van der Waals surface area (Å²) in [4.78, 5) is 36.0. The Balaban J connectivity index is 2.85. The number of hydrogen-bond donors (Lipinski definition) is 5. The molecule has 1 aliphatic carbocycles. The highest BCUT2D eigenvalue weighted by molar-refractivity contribution is 5.91. The van der Waals surface area contributed by atoms with Gasteiger partial charge in [-0.15, -0.1) is 0 Å². The summed E-state index contributed by atoms with van der Waals surface area (Å²) >= 11 is 0. The first-order chi connectivity index (χ1) is 12.5. The number of amides is 3. The van der Waals surface area contributed by atoms with Crippen molar-refractivity contribution in [1.82, 2.24) is 16.1 Å². The van der Waals surface area contributed by atoms with Crippen LogP contribution in [-0.4, -0.2) is 46.8 Å². The van der Waals surface area contributed by atoms with Crippen LogP contribution in [0.1, 0.15) is 66.2 Å². The Kier molecular flexibility index (Phi) is 8.98. The maximum Gasteiger partial charge on any atom is 0.405 e. The number of nitrogens with one attached hydrogen (secondary N) is 3. The molecule has 0 aromatic heterocycles. The number of hydrazine groups is 1. The van der Waals surface area contributed by atoms with Gasteiger partial charge in [0.2, 0.25) is 5.91 Å². The summed E-state index contributed by atoms with van der Waals surface area (Å²) in [6.45, 7) is 7.05. The first-order valence-electron chi connectivity index (χ1n) is 9.51. The van der Waals surface area contributed by atoms with Crippen LogP contribution in [0.2, 0.25) is 0 Å². The molecule has 156 valence electrons. The molecule has 27 heavy (non-hydrogen) atoms. The highest BCUT2D eigenvalue weighted by atomic mass is 16.5. The lowest BCUT2D eigenvalue weighted by Crippen LogP contribution is -2.58. The van der Waals surface area contributed by atoms with E-state index >= 15 is 0 Å². The van der Waals surface area contributed by atoms with Crippen LogP contribution in [0.15, 0.2) is 0 Å². The molecule has 1 aliphatic rings. The molecule has 0 bridgehead atoms. The van der Waals surface area contributed by atoms with E-state index in [4.69, 9.17) is 15.7 Å². The number of carboxylic acid groups (broad SMARTS) is 1. The highest BCUT2D eigenvalue weighted by Crippen LogP contribution is 2.27. The molecule has 0 spiro atoms. The molecule has 9 nitrogen and oxygen atoms in total. The van der Waals surface area contributed by atoms with Gasteiger partial charge in [0.1, 0.15) is 12.1 Å². The predicted molar refractivity (Wildman–Crippen MR) is 101 cm³/mol. The van der Waals surface area contributed by atoms with Gasteiger partial charge in [0.15, 0.2) is 0 Å². The zero-order valence-corrected chi connectivity index (χ0v) is 16.7. The van der Waals surface area contributed by atoms with Crippen LogP contribution in [-0.2, 0) is 14.3 Å². The van der Waals surface area contributed by atoms with Crippen LogP contribution in [0.5, 0.6) is 0 Å². The fraction of sp³-hybridized carbons (Fsp3) is 0.833. The number of carbonyl (C=O) groups is 3. The quantitative estimate of drug-likeness (QED) is 0.241. The number of nitrogens with two attached hydrogens (primary N) is 1. The first-order valence-corrected chi connectivity index (χ1v) is 9.51. The van der Waals surface area contributed by atoms with E-state index in [2.05, 4.69) is 16.1 Å². The van der Waals surface area contributed by atoms with Crippen molar-refractivity contribution in [3.8, 4) is 0 Å². The van der Waals surface area contributed by atoms with Crippen molar-refractivity contribution < 1.29 is 24.2 Å². The molecule has 1 saturated carbocycles. The van der Waals surface area contributed by atoms with Crippen LogP contribution in [0.25, 0.3) is 0 Å². The minimum absolute atomic E-state index is 0.329. The highest BCUT2D eigenvalue weighted by Gasteiger charge is 2.34. The van der Waals surface area contributed by atoms with Gasteiger partial charge >= 0.3 is 6.09 Å². The number of hydrogen-bond acceptors (Lipinski definition) is 5. The van der Waals surface area contributed by atoms with Crippen LogP contribution in [0.4, 0.5) is 4.79 Å². The summed E-state index contributed by atoms with van der Waals surface area (Å²) in [6.07, 6.45) is 3.81. The second kappa shape index (κ2) is 10.5. The molecule has 3 amide bonds. The van der Waals surface area contributed by atoms with Crippen molar-refractivity contribution in [1.29, 1.82) is 0 Å². The van der Waals surface area contributed by atoms with E-state index in [-0.39, 0.29) is 0 Å². The Hall–Kier alpha value is -1.87. The van der Waals surface area contributed by atoms with Crippen LogP contribution < -0.4 is 21.9 Å². The lowest BCUT2D eigenvalue weighted by Gasteiger charge is -2.31. The Morgan fingerprint density at radius 3 is 2.19 bits per heavy atom.